The molecule has 0 unspecified atom stereocenters. The van der Waals surface area contributed by atoms with Gasteiger partial charge < -0.3 is 0 Å². The van der Waals surface area contributed by atoms with Crippen LogP contribution in [0.3, 0.4) is 0 Å². The third-order valence-corrected chi connectivity index (χ3v) is 4.82. The fraction of sp³-hybridized carbons (Fsp3) is 0.312. The molecule has 0 atom stereocenters. The SMILES string of the molecule is Cn1c2c(c(=O)n(C)c1=O)CC(CSCc1ccccc1)=N2. The van der Waals surface area contributed by atoms with E-state index in [-0.39, 0.29) is 11.2 Å². The van der Waals surface area contributed by atoms with E-state index >= 15 is 0 Å². The lowest BCUT2D eigenvalue weighted by Gasteiger charge is -2.05. The lowest BCUT2D eigenvalue weighted by molar-refractivity contribution is 0.682. The summed E-state index contributed by atoms with van der Waals surface area (Å²) in [6.45, 7) is 0. The van der Waals surface area contributed by atoms with Gasteiger partial charge in [0.15, 0.2) is 0 Å². The van der Waals surface area contributed by atoms with Crippen molar-refractivity contribution in [3.63, 3.8) is 0 Å². The fourth-order valence-corrected chi connectivity index (χ4v) is 3.47. The highest BCUT2D eigenvalue weighted by Crippen LogP contribution is 2.23. The Morgan fingerprint density at radius 1 is 1.09 bits per heavy atom. The van der Waals surface area contributed by atoms with E-state index < -0.39 is 0 Å². The molecule has 114 valence electrons. The second-order valence-electron chi connectivity index (χ2n) is 5.34. The van der Waals surface area contributed by atoms with Crippen LogP contribution in [0.25, 0.3) is 0 Å². The first-order valence-electron chi connectivity index (χ1n) is 7.05. The Morgan fingerprint density at radius 3 is 2.55 bits per heavy atom. The molecule has 0 saturated carbocycles. The number of fused-ring (bicyclic) bond motifs is 1. The molecule has 6 heteroatoms. The summed E-state index contributed by atoms with van der Waals surface area (Å²) in [6, 6.07) is 10.2. The summed E-state index contributed by atoms with van der Waals surface area (Å²) in [5.74, 6) is 2.19. The van der Waals surface area contributed by atoms with Crippen molar-refractivity contribution in [3.05, 3.63) is 62.3 Å². The number of benzene rings is 1. The van der Waals surface area contributed by atoms with Crippen LogP contribution >= 0.6 is 11.8 Å². The topological polar surface area (TPSA) is 56.4 Å². The van der Waals surface area contributed by atoms with Gasteiger partial charge in [0.2, 0.25) is 0 Å². The van der Waals surface area contributed by atoms with Crippen molar-refractivity contribution in [2.45, 2.75) is 12.2 Å². The van der Waals surface area contributed by atoms with E-state index in [4.69, 9.17) is 0 Å². The number of nitrogens with zero attached hydrogens (tertiary/aromatic N) is 3. The molecule has 0 saturated heterocycles. The Morgan fingerprint density at radius 2 is 1.82 bits per heavy atom. The number of hydrogen-bond donors (Lipinski definition) is 0. The molecule has 1 aromatic carbocycles. The van der Waals surface area contributed by atoms with Crippen LogP contribution in [0.1, 0.15) is 11.1 Å². The second-order valence-corrected chi connectivity index (χ2v) is 6.33. The van der Waals surface area contributed by atoms with Crippen LogP contribution in [0.4, 0.5) is 5.82 Å². The van der Waals surface area contributed by atoms with Crippen LogP contribution < -0.4 is 11.2 Å². The molecule has 1 aromatic heterocycles. The minimum absolute atomic E-state index is 0.232. The molecule has 0 radical (unpaired) electrons. The van der Waals surface area contributed by atoms with Crippen molar-refractivity contribution in [2.24, 2.45) is 19.1 Å². The van der Waals surface area contributed by atoms with E-state index in [1.165, 1.54) is 17.2 Å². The molecule has 0 amide bonds. The molecule has 2 aromatic rings. The molecule has 0 aliphatic carbocycles. The van der Waals surface area contributed by atoms with Crippen molar-refractivity contribution < 1.29 is 0 Å². The minimum Gasteiger partial charge on any atom is -0.281 e. The Bertz CT molecular complexity index is 850. The third kappa shape index (κ3) is 2.66. The Labute approximate surface area is 132 Å². The Hall–Kier alpha value is -2.08. The van der Waals surface area contributed by atoms with Crippen molar-refractivity contribution in [1.29, 1.82) is 0 Å². The molecule has 1 aliphatic heterocycles. The summed E-state index contributed by atoms with van der Waals surface area (Å²) in [5, 5.41) is 0. The number of aromatic nitrogens is 2. The number of hydrogen-bond acceptors (Lipinski definition) is 4. The van der Waals surface area contributed by atoms with Crippen molar-refractivity contribution in [2.75, 3.05) is 5.75 Å². The van der Waals surface area contributed by atoms with Gasteiger partial charge in [0.05, 0.1) is 5.56 Å². The smallest absolute Gasteiger partial charge is 0.281 e. The number of rotatable bonds is 4. The molecule has 3 rings (SSSR count). The predicted octanol–water partition coefficient (Wildman–Crippen LogP) is 1.65. The lowest BCUT2D eigenvalue weighted by atomic mass is 10.2. The van der Waals surface area contributed by atoms with E-state index in [9.17, 15) is 9.59 Å². The molecule has 5 nitrogen and oxygen atoms in total. The van der Waals surface area contributed by atoms with Gasteiger partial charge in [-0.05, 0) is 5.56 Å². The first-order valence-corrected chi connectivity index (χ1v) is 8.20. The maximum absolute atomic E-state index is 12.1. The highest BCUT2D eigenvalue weighted by molar-refractivity contribution is 7.99. The molecular formula is C16H17N3O2S. The van der Waals surface area contributed by atoms with Gasteiger partial charge in [0.25, 0.3) is 5.56 Å². The maximum atomic E-state index is 12.1. The summed E-state index contributed by atoms with van der Waals surface area (Å²) < 4.78 is 2.60. The average Bonchev–Trinajstić information content (AvgIpc) is 2.96. The first kappa shape index (κ1) is 14.8. The summed E-state index contributed by atoms with van der Waals surface area (Å²) in [4.78, 5) is 28.5. The average molecular weight is 315 g/mol. The van der Waals surface area contributed by atoms with Crippen LogP contribution in [0.15, 0.2) is 44.9 Å². The van der Waals surface area contributed by atoms with Crippen molar-refractivity contribution in [3.8, 4) is 0 Å². The number of aliphatic imine (C=N–C) groups is 1. The summed E-state index contributed by atoms with van der Waals surface area (Å²) in [7, 11) is 3.16. The molecule has 0 N–H and O–H groups in total. The molecule has 0 fully saturated rings. The predicted molar refractivity (Wildman–Crippen MR) is 90.3 cm³/mol. The lowest BCUT2D eigenvalue weighted by Crippen LogP contribution is -2.38. The molecule has 1 aliphatic rings. The van der Waals surface area contributed by atoms with E-state index in [2.05, 4.69) is 17.1 Å². The largest absolute Gasteiger partial charge is 0.332 e. The molecular weight excluding hydrogens is 298 g/mol. The molecule has 0 spiro atoms. The van der Waals surface area contributed by atoms with Crippen LogP contribution in [-0.2, 0) is 26.3 Å². The van der Waals surface area contributed by atoms with Gasteiger partial charge in [0.1, 0.15) is 5.82 Å². The minimum atomic E-state index is -0.328. The quantitative estimate of drug-likeness (QED) is 0.862. The van der Waals surface area contributed by atoms with Crippen LogP contribution in [0, 0.1) is 0 Å². The molecule has 0 bridgehead atoms. The first-order chi connectivity index (χ1) is 10.6. The van der Waals surface area contributed by atoms with Crippen LogP contribution in [-0.4, -0.2) is 20.6 Å². The maximum Gasteiger partial charge on any atom is 0.332 e. The van der Waals surface area contributed by atoms with E-state index in [0.29, 0.717) is 17.8 Å². The second kappa shape index (κ2) is 5.96. The zero-order valence-corrected chi connectivity index (χ0v) is 13.4. The van der Waals surface area contributed by atoms with Crippen LogP contribution in [0.2, 0.25) is 0 Å². The highest BCUT2D eigenvalue weighted by Gasteiger charge is 2.22. The molecule has 2 heterocycles. The zero-order valence-electron chi connectivity index (χ0n) is 12.6. The van der Waals surface area contributed by atoms with Gasteiger partial charge in [-0.25, -0.2) is 9.79 Å². The summed E-state index contributed by atoms with van der Waals surface area (Å²) >= 11 is 1.77. The van der Waals surface area contributed by atoms with Gasteiger partial charge in [-0.15, -0.1) is 0 Å². The summed E-state index contributed by atoms with van der Waals surface area (Å²) in [5.41, 5.74) is 2.29. The third-order valence-electron chi connectivity index (χ3n) is 3.75. The van der Waals surface area contributed by atoms with Crippen LogP contribution in [0.5, 0.6) is 0 Å². The Kier molecular flexibility index (Phi) is 4.02. The Balaban J connectivity index is 1.74. The molecule has 22 heavy (non-hydrogen) atoms. The van der Waals surface area contributed by atoms with Gasteiger partial charge in [-0.3, -0.25) is 13.9 Å². The highest BCUT2D eigenvalue weighted by atomic mass is 32.2. The number of thioether (sulfide) groups is 1. The van der Waals surface area contributed by atoms with Gasteiger partial charge in [-0.2, -0.15) is 11.8 Å². The van der Waals surface area contributed by atoms with Gasteiger partial charge in [0, 0.05) is 37.7 Å². The van der Waals surface area contributed by atoms with Gasteiger partial charge >= 0.3 is 5.69 Å². The normalized spacial score (nSPS) is 13.1. The van der Waals surface area contributed by atoms with E-state index in [1.807, 2.05) is 18.2 Å². The fourth-order valence-electron chi connectivity index (χ4n) is 2.54. The zero-order chi connectivity index (χ0) is 15.7. The standard InChI is InChI=1S/C16H17N3O2S/c1-18-14-13(15(20)19(2)16(18)21)8-12(17-14)10-22-9-11-6-4-3-5-7-11/h3-7H,8-10H2,1-2H3. The van der Waals surface area contributed by atoms with E-state index in [0.717, 1.165) is 21.8 Å². The monoisotopic (exact) mass is 315 g/mol. The summed E-state index contributed by atoms with van der Waals surface area (Å²) in [6.07, 6.45) is 0.540. The van der Waals surface area contributed by atoms with Gasteiger partial charge in [-0.1, -0.05) is 30.3 Å². The van der Waals surface area contributed by atoms with E-state index in [1.54, 1.807) is 18.8 Å². The van der Waals surface area contributed by atoms with Crippen molar-refractivity contribution >= 4 is 23.3 Å². The van der Waals surface area contributed by atoms with Crippen molar-refractivity contribution in [1.82, 2.24) is 9.13 Å².